The van der Waals surface area contributed by atoms with Gasteiger partial charge in [0.1, 0.15) is 0 Å². The number of benzene rings is 1. The molecule has 1 aromatic carbocycles. The van der Waals surface area contributed by atoms with Gasteiger partial charge in [0.25, 0.3) is 0 Å². The van der Waals surface area contributed by atoms with E-state index in [1.54, 1.807) is 6.07 Å². The first-order valence-corrected chi connectivity index (χ1v) is 5.95. The van der Waals surface area contributed by atoms with E-state index in [1.165, 1.54) is 6.07 Å². The quantitative estimate of drug-likeness (QED) is 0.764. The van der Waals surface area contributed by atoms with E-state index in [-0.39, 0.29) is 0 Å². The summed E-state index contributed by atoms with van der Waals surface area (Å²) in [4.78, 5) is 4.13. The molecular weight excluding hydrogens is 236 g/mol. The monoisotopic (exact) mass is 251 g/mol. The van der Waals surface area contributed by atoms with E-state index in [1.807, 2.05) is 0 Å². The standard InChI is InChI=1S/C13H15F2N3/c14-12-3-1-2-11(13(12)15)10-18-8-6-17(5-4-16)7-9-18/h1-3H,5-10H2. The lowest BCUT2D eigenvalue weighted by Gasteiger charge is -2.33. The maximum atomic E-state index is 13.5. The van der Waals surface area contributed by atoms with Crippen molar-refractivity contribution in [2.45, 2.75) is 6.54 Å². The molecule has 1 aliphatic rings. The molecule has 18 heavy (non-hydrogen) atoms. The summed E-state index contributed by atoms with van der Waals surface area (Å²) < 4.78 is 26.6. The van der Waals surface area contributed by atoms with Crippen LogP contribution in [0.4, 0.5) is 8.78 Å². The van der Waals surface area contributed by atoms with Gasteiger partial charge in [0.15, 0.2) is 11.6 Å². The van der Waals surface area contributed by atoms with Gasteiger partial charge in [-0.05, 0) is 6.07 Å². The molecular formula is C13H15F2N3. The fraction of sp³-hybridized carbons (Fsp3) is 0.462. The highest BCUT2D eigenvalue weighted by molar-refractivity contribution is 5.18. The molecule has 2 rings (SSSR count). The molecule has 1 heterocycles. The second-order valence-electron chi connectivity index (χ2n) is 4.42. The summed E-state index contributed by atoms with van der Waals surface area (Å²) in [6.07, 6.45) is 0. The lowest BCUT2D eigenvalue weighted by molar-refractivity contribution is 0.136. The third-order valence-electron chi connectivity index (χ3n) is 3.18. The smallest absolute Gasteiger partial charge is 0.163 e. The third-order valence-corrected chi connectivity index (χ3v) is 3.18. The van der Waals surface area contributed by atoms with Gasteiger partial charge in [-0.15, -0.1) is 0 Å². The molecule has 0 radical (unpaired) electrons. The Morgan fingerprint density at radius 3 is 2.44 bits per heavy atom. The fourth-order valence-corrected chi connectivity index (χ4v) is 2.12. The van der Waals surface area contributed by atoms with Crippen molar-refractivity contribution in [2.75, 3.05) is 32.7 Å². The zero-order valence-electron chi connectivity index (χ0n) is 10.1. The predicted molar refractivity (Wildman–Crippen MR) is 63.7 cm³/mol. The van der Waals surface area contributed by atoms with Gasteiger partial charge in [0, 0.05) is 38.3 Å². The first kappa shape index (κ1) is 12.9. The van der Waals surface area contributed by atoms with Crippen molar-refractivity contribution >= 4 is 0 Å². The van der Waals surface area contributed by atoms with Crippen LogP contribution in [0, 0.1) is 23.0 Å². The van der Waals surface area contributed by atoms with E-state index in [0.29, 0.717) is 18.7 Å². The van der Waals surface area contributed by atoms with Crippen LogP contribution in [-0.4, -0.2) is 42.5 Å². The summed E-state index contributed by atoms with van der Waals surface area (Å²) in [5, 5.41) is 8.59. The van der Waals surface area contributed by atoms with Crippen LogP contribution < -0.4 is 0 Å². The van der Waals surface area contributed by atoms with E-state index >= 15 is 0 Å². The number of piperazine rings is 1. The van der Waals surface area contributed by atoms with Gasteiger partial charge < -0.3 is 0 Å². The second-order valence-corrected chi connectivity index (χ2v) is 4.42. The van der Waals surface area contributed by atoms with Crippen molar-refractivity contribution < 1.29 is 8.78 Å². The number of rotatable bonds is 3. The molecule has 3 nitrogen and oxygen atoms in total. The van der Waals surface area contributed by atoms with Crippen molar-refractivity contribution in [3.8, 4) is 6.07 Å². The normalized spacial score (nSPS) is 17.6. The van der Waals surface area contributed by atoms with E-state index in [0.717, 1.165) is 32.2 Å². The summed E-state index contributed by atoms with van der Waals surface area (Å²) in [5.41, 5.74) is 0.392. The van der Waals surface area contributed by atoms with Crippen LogP contribution in [0.15, 0.2) is 18.2 Å². The van der Waals surface area contributed by atoms with Gasteiger partial charge in [0.2, 0.25) is 0 Å². The lowest BCUT2D eigenvalue weighted by atomic mass is 10.1. The van der Waals surface area contributed by atoms with Gasteiger partial charge in [0.05, 0.1) is 12.6 Å². The topological polar surface area (TPSA) is 30.3 Å². The average molecular weight is 251 g/mol. The van der Waals surface area contributed by atoms with Gasteiger partial charge >= 0.3 is 0 Å². The average Bonchev–Trinajstić information content (AvgIpc) is 2.38. The summed E-state index contributed by atoms with van der Waals surface area (Å²) in [5.74, 6) is -1.55. The molecule has 0 spiro atoms. The Labute approximate surface area is 105 Å². The maximum Gasteiger partial charge on any atom is 0.163 e. The Balaban J connectivity index is 1.92. The molecule has 0 bridgehead atoms. The second kappa shape index (κ2) is 5.89. The molecule has 0 amide bonds. The Morgan fingerprint density at radius 2 is 1.78 bits per heavy atom. The molecule has 0 N–H and O–H groups in total. The number of nitriles is 1. The van der Waals surface area contributed by atoms with E-state index in [4.69, 9.17) is 5.26 Å². The Bertz CT molecular complexity index is 448. The number of halogens is 2. The summed E-state index contributed by atoms with van der Waals surface area (Å²) >= 11 is 0. The van der Waals surface area contributed by atoms with Crippen LogP contribution in [0.2, 0.25) is 0 Å². The van der Waals surface area contributed by atoms with Crippen molar-refractivity contribution in [2.24, 2.45) is 0 Å². The van der Waals surface area contributed by atoms with Gasteiger partial charge in [-0.3, -0.25) is 9.80 Å². The molecule has 0 atom stereocenters. The summed E-state index contributed by atoms with van der Waals surface area (Å²) in [6.45, 7) is 4.00. The molecule has 96 valence electrons. The van der Waals surface area contributed by atoms with Gasteiger partial charge in [-0.2, -0.15) is 5.26 Å². The largest absolute Gasteiger partial charge is 0.296 e. The number of nitrogens with zero attached hydrogens (tertiary/aromatic N) is 3. The van der Waals surface area contributed by atoms with Crippen LogP contribution >= 0.6 is 0 Å². The van der Waals surface area contributed by atoms with Crippen molar-refractivity contribution in [1.29, 1.82) is 5.26 Å². The molecule has 1 aliphatic heterocycles. The zero-order chi connectivity index (χ0) is 13.0. The number of hydrogen-bond donors (Lipinski definition) is 0. The minimum atomic E-state index is -0.796. The SMILES string of the molecule is N#CCN1CCN(Cc2cccc(F)c2F)CC1. The Morgan fingerprint density at radius 1 is 1.11 bits per heavy atom. The van der Waals surface area contributed by atoms with E-state index in [2.05, 4.69) is 15.9 Å². The molecule has 0 saturated carbocycles. The van der Waals surface area contributed by atoms with Gasteiger partial charge in [-0.1, -0.05) is 12.1 Å². The Kier molecular flexibility index (Phi) is 4.24. The van der Waals surface area contributed by atoms with Crippen LogP contribution in [0.25, 0.3) is 0 Å². The molecule has 1 fully saturated rings. The van der Waals surface area contributed by atoms with Crippen molar-refractivity contribution in [3.05, 3.63) is 35.4 Å². The van der Waals surface area contributed by atoms with Crippen LogP contribution in [0.5, 0.6) is 0 Å². The lowest BCUT2D eigenvalue weighted by Crippen LogP contribution is -2.45. The number of hydrogen-bond acceptors (Lipinski definition) is 3. The van der Waals surface area contributed by atoms with Crippen molar-refractivity contribution in [1.82, 2.24) is 9.80 Å². The third kappa shape index (κ3) is 3.03. The highest BCUT2D eigenvalue weighted by Crippen LogP contribution is 2.14. The predicted octanol–water partition coefficient (Wildman–Crippen LogP) is 1.61. The fourth-order valence-electron chi connectivity index (χ4n) is 2.12. The molecule has 5 heteroatoms. The van der Waals surface area contributed by atoms with Crippen LogP contribution in [0.3, 0.4) is 0 Å². The Hall–Kier alpha value is -1.51. The first-order valence-electron chi connectivity index (χ1n) is 5.95. The minimum absolute atomic E-state index is 0.392. The highest BCUT2D eigenvalue weighted by Gasteiger charge is 2.18. The molecule has 1 aromatic rings. The van der Waals surface area contributed by atoms with E-state index < -0.39 is 11.6 Å². The summed E-state index contributed by atoms with van der Waals surface area (Å²) in [6, 6.07) is 6.38. The van der Waals surface area contributed by atoms with Gasteiger partial charge in [-0.25, -0.2) is 8.78 Å². The van der Waals surface area contributed by atoms with Crippen molar-refractivity contribution in [3.63, 3.8) is 0 Å². The first-order chi connectivity index (χ1) is 8.70. The molecule has 0 aromatic heterocycles. The molecule has 0 unspecified atom stereocenters. The molecule has 0 aliphatic carbocycles. The molecule has 1 saturated heterocycles. The van der Waals surface area contributed by atoms with Crippen LogP contribution in [-0.2, 0) is 6.54 Å². The maximum absolute atomic E-state index is 13.5. The summed E-state index contributed by atoms with van der Waals surface area (Å²) in [7, 11) is 0. The highest BCUT2D eigenvalue weighted by atomic mass is 19.2. The zero-order valence-corrected chi connectivity index (χ0v) is 10.1. The minimum Gasteiger partial charge on any atom is -0.296 e. The van der Waals surface area contributed by atoms with Crippen LogP contribution in [0.1, 0.15) is 5.56 Å². The van der Waals surface area contributed by atoms with E-state index in [9.17, 15) is 8.78 Å².